The molecule has 1 saturated heterocycles. The lowest BCUT2D eigenvalue weighted by molar-refractivity contribution is -0.141. The van der Waals surface area contributed by atoms with Crippen molar-refractivity contribution in [3.8, 4) is 0 Å². The minimum Gasteiger partial charge on any atom is -0.481 e. The molecule has 1 aliphatic rings. The Hall–Kier alpha value is -1.26. The molecular formula is C16H30N2O3. The molecule has 0 bridgehead atoms. The predicted octanol–water partition coefficient (Wildman–Crippen LogP) is 3.10. The van der Waals surface area contributed by atoms with Crippen molar-refractivity contribution in [3.05, 3.63) is 0 Å². The van der Waals surface area contributed by atoms with E-state index in [1.807, 2.05) is 11.8 Å². The first-order valence-electron chi connectivity index (χ1n) is 8.23. The monoisotopic (exact) mass is 298 g/mol. The smallest absolute Gasteiger partial charge is 0.317 e. The van der Waals surface area contributed by atoms with Gasteiger partial charge in [-0.15, -0.1) is 0 Å². The van der Waals surface area contributed by atoms with Crippen LogP contribution in [0.2, 0.25) is 0 Å². The Morgan fingerprint density at radius 3 is 2.19 bits per heavy atom. The number of piperidine rings is 1. The molecule has 5 heteroatoms. The second kappa shape index (κ2) is 8.25. The molecular weight excluding hydrogens is 268 g/mol. The fourth-order valence-electron chi connectivity index (χ4n) is 3.12. The zero-order valence-electron chi connectivity index (χ0n) is 13.7. The van der Waals surface area contributed by atoms with Gasteiger partial charge in [-0.2, -0.15) is 0 Å². The average Bonchev–Trinajstić information content (AvgIpc) is 2.50. The zero-order chi connectivity index (χ0) is 15.9. The van der Waals surface area contributed by atoms with E-state index >= 15 is 0 Å². The molecule has 0 aliphatic carbocycles. The van der Waals surface area contributed by atoms with Gasteiger partial charge in [0.15, 0.2) is 0 Å². The fraction of sp³-hybridized carbons (Fsp3) is 0.875. The lowest BCUT2D eigenvalue weighted by Crippen LogP contribution is -2.48. The summed E-state index contributed by atoms with van der Waals surface area (Å²) >= 11 is 0. The Morgan fingerprint density at radius 1 is 1.19 bits per heavy atom. The third-order valence-corrected chi connectivity index (χ3v) is 5.10. The number of carboxylic acid groups (broad SMARTS) is 1. The van der Waals surface area contributed by atoms with Gasteiger partial charge in [0.1, 0.15) is 0 Å². The summed E-state index contributed by atoms with van der Waals surface area (Å²) in [6.07, 6.45) is 5.83. The maximum Gasteiger partial charge on any atom is 0.317 e. The van der Waals surface area contributed by atoms with Gasteiger partial charge in [0, 0.05) is 19.6 Å². The van der Waals surface area contributed by atoms with E-state index in [0.717, 1.165) is 45.2 Å². The number of carbonyl (C=O) groups is 2. The second-order valence-electron chi connectivity index (χ2n) is 6.20. The summed E-state index contributed by atoms with van der Waals surface area (Å²) < 4.78 is 0. The molecule has 0 spiro atoms. The van der Waals surface area contributed by atoms with E-state index < -0.39 is 11.9 Å². The number of amides is 2. The van der Waals surface area contributed by atoms with E-state index in [2.05, 4.69) is 19.2 Å². The number of aliphatic carboxylic acids is 1. The predicted molar refractivity (Wildman–Crippen MR) is 83.3 cm³/mol. The lowest BCUT2D eigenvalue weighted by Gasteiger charge is -2.41. The first-order chi connectivity index (χ1) is 9.98. The normalized spacial score (nSPS) is 19.1. The molecule has 1 fully saturated rings. The highest BCUT2D eigenvalue weighted by Gasteiger charge is 2.33. The highest BCUT2D eigenvalue weighted by Crippen LogP contribution is 2.37. The van der Waals surface area contributed by atoms with Gasteiger partial charge in [0.2, 0.25) is 0 Å². The maximum absolute atomic E-state index is 12.1. The van der Waals surface area contributed by atoms with Crippen molar-refractivity contribution in [2.45, 2.75) is 59.3 Å². The summed E-state index contributed by atoms with van der Waals surface area (Å²) in [6.45, 7) is 8.18. The van der Waals surface area contributed by atoms with Crippen molar-refractivity contribution in [1.82, 2.24) is 10.2 Å². The van der Waals surface area contributed by atoms with Crippen LogP contribution in [0.3, 0.4) is 0 Å². The van der Waals surface area contributed by atoms with Crippen molar-refractivity contribution >= 4 is 12.0 Å². The van der Waals surface area contributed by atoms with Crippen molar-refractivity contribution in [3.63, 3.8) is 0 Å². The number of carbonyl (C=O) groups excluding carboxylic acids is 1. The maximum atomic E-state index is 12.1. The van der Waals surface area contributed by atoms with Gasteiger partial charge >= 0.3 is 12.0 Å². The van der Waals surface area contributed by atoms with Crippen LogP contribution in [0, 0.1) is 11.3 Å². The Labute approximate surface area is 128 Å². The van der Waals surface area contributed by atoms with Crippen LogP contribution in [0.1, 0.15) is 59.3 Å². The fourth-order valence-corrected chi connectivity index (χ4v) is 3.12. The van der Waals surface area contributed by atoms with Crippen LogP contribution < -0.4 is 5.32 Å². The van der Waals surface area contributed by atoms with Gasteiger partial charge < -0.3 is 15.3 Å². The molecule has 0 aromatic carbocycles. The van der Waals surface area contributed by atoms with Crippen molar-refractivity contribution in [2.75, 3.05) is 19.6 Å². The Balaban J connectivity index is 2.42. The third kappa shape index (κ3) is 4.90. The van der Waals surface area contributed by atoms with Crippen LogP contribution in [0.15, 0.2) is 0 Å². The highest BCUT2D eigenvalue weighted by atomic mass is 16.4. The number of hydrogen-bond acceptors (Lipinski definition) is 2. The highest BCUT2D eigenvalue weighted by molar-refractivity contribution is 5.76. The Kier molecular flexibility index (Phi) is 6.99. The molecule has 1 rings (SSSR count). The molecule has 2 amide bonds. The van der Waals surface area contributed by atoms with Gasteiger partial charge in [0.25, 0.3) is 0 Å². The van der Waals surface area contributed by atoms with Crippen LogP contribution in [0.4, 0.5) is 4.79 Å². The first kappa shape index (κ1) is 17.8. The van der Waals surface area contributed by atoms with Crippen LogP contribution in [-0.4, -0.2) is 41.6 Å². The number of rotatable bonds is 7. The van der Waals surface area contributed by atoms with Crippen molar-refractivity contribution in [2.24, 2.45) is 11.3 Å². The van der Waals surface area contributed by atoms with Crippen molar-refractivity contribution in [1.29, 1.82) is 0 Å². The zero-order valence-corrected chi connectivity index (χ0v) is 13.7. The van der Waals surface area contributed by atoms with E-state index in [1.54, 1.807) is 0 Å². The molecule has 1 heterocycles. The van der Waals surface area contributed by atoms with Gasteiger partial charge in [-0.05, 0) is 24.7 Å². The number of nitrogens with one attached hydrogen (secondary N) is 1. The second-order valence-corrected chi connectivity index (χ2v) is 6.20. The molecule has 1 aliphatic heterocycles. The Morgan fingerprint density at radius 2 is 1.76 bits per heavy atom. The van der Waals surface area contributed by atoms with Gasteiger partial charge in [-0.25, -0.2) is 4.79 Å². The summed E-state index contributed by atoms with van der Waals surface area (Å²) in [4.78, 5) is 25.0. The van der Waals surface area contributed by atoms with Gasteiger partial charge in [-0.1, -0.05) is 40.0 Å². The average molecular weight is 298 g/mol. The largest absolute Gasteiger partial charge is 0.481 e. The molecule has 2 N–H and O–H groups in total. The van der Waals surface area contributed by atoms with Crippen LogP contribution in [0.25, 0.3) is 0 Å². The van der Waals surface area contributed by atoms with Crippen LogP contribution in [0.5, 0.6) is 0 Å². The summed E-state index contributed by atoms with van der Waals surface area (Å²) in [5.74, 6) is -1.30. The molecule has 0 aromatic heterocycles. The summed E-state index contributed by atoms with van der Waals surface area (Å²) in [6, 6.07) is -0.113. The number of likely N-dealkylation sites (tertiary alicyclic amines) is 1. The van der Waals surface area contributed by atoms with E-state index in [1.165, 1.54) is 0 Å². The SMILES string of the molecule is CCCC(CNC(=O)N1CCC(CC)(CC)CC1)C(=O)O. The molecule has 5 nitrogen and oxygen atoms in total. The summed E-state index contributed by atoms with van der Waals surface area (Å²) in [5, 5.41) is 11.9. The topological polar surface area (TPSA) is 69.6 Å². The lowest BCUT2D eigenvalue weighted by atomic mass is 9.74. The van der Waals surface area contributed by atoms with Gasteiger partial charge in [0.05, 0.1) is 5.92 Å². The van der Waals surface area contributed by atoms with Crippen molar-refractivity contribution < 1.29 is 14.7 Å². The molecule has 1 atom stereocenters. The van der Waals surface area contributed by atoms with Crippen LogP contribution in [-0.2, 0) is 4.79 Å². The molecule has 0 radical (unpaired) electrons. The molecule has 1 unspecified atom stereocenters. The first-order valence-corrected chi connectivity index (χ1v) is 8.23. The van der Waals surface area contributed by atoms with Crippen LogP contribution >= 0.6 is 0 Å². The third-order valence-electron chi connectivity index (χ3n) is 5.10. The van der Waals surface area contributed by atoms with E-state index in [9.17, 15) is 9.59 Å². The standard InChI is InChI=1S/C16H30N2O3/c1-4-7-13(14(19)20)12-17-15(21)18-10-8-16(5-2,6-3)9-11-18/h13H,4-12H2,1-3H3,(H,17,21)(H,19,20). The van der Waals surface area contributed by atoms with E-state index in [0.29, 0.717) is 11.8 Å². The number of carboxylic acids is 1. The van der Waals surface area contributed by atoms with E-state index in [-0.39, 0.29) is 12.6 Å². The summed E-state index contributed by atoms with van der Waals surface area (Å²) in [7, 11) is 0. The minimum absolute atomic E-state index is 0.113. The molecule has 122 valence electrons. The number of nitrogens with zero attached hydrogens (tertiary/aromatic N) is 1. The van der Waals surface area contributed by atoms with E-state index in [4.69, 9.17) is 5.11 Å². The molecule has 21 heavy (non-hydrogen) atoms. The quantitative estimate of drug-likeness (QED) is 0.758. The Bertz CT molecular complexity index is 343. The molecule has 0 saturated carbocycles. The minimum atomic E-state index is -0.827. The number of urea groups is 1. The molecule has 0 aromatic rings. The summed E-state index contributed by atoms with van der Waals surface area (Å²) in [5.41, 5.74) is 0.391. The van der Waals surface area contributed by atoms with Gasteiger partial charge in [-0.3, -0.25) is 4.79 Å². The number of hydrogen-bond donors (Lipinski definition) is 2.